The number of imidazole rings is 1. The Bertz CT molecular complexity index is 806. The SMILES string of the molecule is Cc1ccc2c(c1)nc(CCCl)n2-c1ccc(C)c(Cl)c1. The second-order valence-electron chi connectivity index (χ2n) is 5.23. The van der Waals surface area contributed by atoms with Gasteiger partial charge in [0.2, 0.25) is 0 Å². The van der Waals surface area contributed by atoms with E-state index in [-0.39, 0.29) is 0 Å². The Balaban J connectivity index is 2.27. The second kappa shape index (κ2) is 5.70. The quantitative estimate of drug-likeness (QED) is 0.616. The van der Waals surface area contributed by atoms with E-state index < -0.39 is 0 Å². The van der Waals surface area contributed by atoms with Gasteiger partial charge in [-0.15, -0.1) is 11.6 Å². The molecule has 108 valence electrons. The highest BCUT2D eigenvalue weighted by Crippen LogP contribution is 2.26. The van der Waals surface area contributed by atoms with Crippen LogP contribution in [0.2, 0.25) is 5.02 Å². The van der Waals surface area contributed by atoms with Crippen LogP contribution in [0.5, 0.6) is 0 Å². The van der Waals surface area contributed by atoms with Crippen LogP contribution in [0.4, 0.5) is 0 Å². The number of benzene rings is 2. The molecular weight excluding hydrogens is 303 g/mol. The first-order chi connectivity index (χ1) is 10.1. The maximum absolute atomic E-state index is 6.28. The maximum Gasteiger partial charge on any atom is 0.115 e. The molecule has 4 heteroatoms. The molecule has 0 unspecified atom stereocenters. The molecule has 3 aromatic rings. The molecule has 1 heterocycles. The Kier molecular flexibility index (Phi) is 3.92. The lowest BCUT2D eigenvalue weighted by Gasteiger charge is -2.10. The lowest BCUT2D eigenvalue weighted by molar-refractivity contribution is 0.912. The Labute approximate surface area is 134 Å². The minimum Gasteiger partial charge on any atom is -0.296 e. The average molecular weight is 319 g/mol. The van der Waals surface area contributed by atoms with E-state index >= 15 is 0 Å². The van der Waals surface area contributed by atoms with Crippen LogP contribution in [-0.2, 0) is 6.42 Å². The molecule has 0 bridgehead atoms. The molecule has 21 heavy (non-hydrogen) atoms. The van der Waals surface area contributed by atoms with Crippen molar-refractivity contribution in [1.29, 1.82) is 0 Å². The van der Waals surface area contributed by atoms with E-state index in [0.29, 0.717) is 5.88 Å². The molecule has 0 spiro atoms. The number of aryl methyl sites for hydroxylation is 3. The number of fused-ring (bicyclic) bond motifs is 1. The van der Waals surface area contributed by atoms with Crippen LogP contribution >= 0.6 is 23.2 Å². The van der Waals surface area contributed by atoms with E-state index in [0.717, 1.165) is 39.6 Å². The zero-order valence-corrected chi connectivity index (χ0v) is 13.5. The molecule has 0 aliphatic carbocycles. The molecule has 2 nitrogen and oxygen atoms in total. The van der Waals surface area contributed by atoms with Crippen molar-refractivity contribution in [3.8, 4) is 5.69 Å². The minimum atomic E-state index is 0.544. The van der Waals surface area contributed by atoms with Crippen LogP contribution in [0.3, 0.4) is 0 Å². The lowest BCUT2D eigenvalue weighted by Crippen LogP contribution is -2.02. The Morgan fingerprint density at radius 1 is 1.10 bits per heavy atom. The summed E-state index contributed by atoms with van der Waals surface area (Å²) in [5.74, 6) is 1.51. The zero-order valence-electron chi connectivity index (χ0n) is 12.0. The summed E-state index contributed by atoms with van der Waals surface area (Å²) in [5.41, 5.74) is 5.37. The number of rotatable bonds is 3. The third kappa shape index (κ3) is 2.66. The predicted octanol–water partition coefficient (Wildman–Crippen LogP) is 5.08. The summed E-state index contributed by atoms with van der Waals surface area (Å²) in [7, 11) is 0. The highest BCUT2D eigenvalue weighted by molar-refractivity contribution is 6.31. The summed E-state index contributed by atoms with van der Waals surface area (Å²) in [6.45, 7) is 4.07. The predicted molar refractivity (Wildman–Crippen MR) is 90.0 cm³/mol. The van der Waals surface area contributed by atoms with Crippen molar-refractivity contribution in [3.05, 3.63) is 58.4 Å². The smallest absolute Gasteiger partial charge is 0.115 e. The van der Waals surface area contributed by atoms with Gasteiger partial charge in [-0.3, -0.25) is 4.57 Å². The first-order valence-corrected chi connectivity index (χ1v) is 7.82. The summed E-state index contributed by atoms with van der Waals surface area (Å²) in [4.78, 5) is 4.73. The van der Waals surface area contributed by atoms with Crippen molar-refractivity contribution < 1.29 is 0 Å². The van der Waals surface area contributed by atoms with Crippen molar-refractivity contribution in [2.24, 2.45) is 0 Å². The standard InChI is InChI=1S/C17H16Cl2N2/c1-11-3-6-16-15(9-11)20-17(7-8-18)21(16)13-5-4-12(2)14(19)10-13/h3-6,9-10H,7-8H2,1-2H3. The molecule has 0 fully saturated rings. The zero-order chi connectivity index (χ0) is 15.0. The van der Waals surface area contributed by atoms with Crippen LogP contribution < -0.4 is 0 Å². The Morgan fingerprint density at radius 2 is 1.90 bits per heavy atom. The van der Waals surface area contributed by atoms with E-state index in [2.05, 4.69) is 35.8 Å². The molecule has 0 saturated heterocycles. The molecular formula is C17H16Cl2N2. The minimum absolute atomic E-state index is 0.544. The van der Waals surface area contributed by atoms with Crippen LogP contribution in [0.25, 0.3) is 16.7 Å². The molecule has 0 amide bonds. The first kappa shape index (κ1) is 14.4. The van der Waals surface area contributed by atoms with Gasteiger partial charge in [-0.25, -0.2) is 4.98 Å². The molecule has 0 aliphatic heterocycles. The summed E-state index contributed by atoms with van der Waals surface area (Å²) < 4.78 is 2.14. The third-order valence-corrected chi connectivity index (χ3v) is 4.21. The van der Waals surface area contributed by atoms with Crippen molar-refractivity contribution in [2.75, 3.05) is 5.88 Å². The second-order valence-corrected chi connectivity index (χ2v) is 6.01. The molecule has 1 aromatic heterocycles. The van der Waals surface area contributed by atoms with Crippen LogP contribution in [0.1, 0.15) is 17.0 Å². The fraction of sp³-hybridized carbons (Fsp3) is 0.235. The average Bonchev–Trinajstić information content (AvgIpc) is 2.79. The summed E-state index contributed by atoms with van der Waals surface area (Å²) in [5, 5.41) is 0.762. The van der Waals surface area contributed by atoms with Crippen molar-refractivity contribution in [1.82, 2.24) is 9.55 Å². The van der Waals surface area contributed by atoms with E-state index in [4.69, 9.17) is 28.2 Å². The van der Waals surface area contributed by atoms with Gasteiger partial charge in [0, 0.05) is 23.0 Å². The number of halogens is 2. The van der Waals surface area contributed by atoms with Crippen molar-refractivity contribution in [3.63, 3.8) is 0 Å². The number of nitrogens with zero attached hydrogens (tertiary/aromatic N) is 2. The van der Waals surface area contributed by atoms with Crippen LogP contribution in [0, 0.1) is 13.8 Å². The van der Waals surface area contributed by atoms with E-state index in [1.54, 1.807) is 0 Å². The number of aromatic nitrogens is 2. The lowest BCUT2D eigenvalue weighted by atomic mass is 10.2. The summed E-state index contributed by atoms with van der Waals surface area (Å²) in [6.07, 6.45) is 0.723. The van der Waals surface area contributed by atoms with Crippen molar-refractivity contribution >= 4 is 34.2 Å². The van der Waals surface area contributed by atoms with E-state index in [1.165, 1.54) is 5.56 Å². The van der Waals surface area contributed by atoms with Crippen LogP contribution in [-0.4, -0.2) is 15.4 Å². The van der Waals surface area contributed by atoms with Gasteiger partial charge >= 0.3 is 0 Å². The topological polar surface area (TPSA) is 17.8 Å². The maximum atomic E-state index is 6.28. The first-order valence-electron chi connectivity index (χ1n) is 6.90. The highest BCUT2D eigenvalue weighted by Gasteiger charge is 2.13. The highest BCUT2D eigenvalue weighted by atomic mass is 35.5. The van der Waals surface area contributed by atoms with Gasteiger partial charge in [0.15, 0.2) is 0 Å². The van der Waals surface area contributed by atoms with Gasteiger partial charge in [-0.1, -0.05) is 23.7 Å². The van der Waals surface area contributed by atoms with Gasteiger partial charge in [0.05, 0.1) is 11.0 Å². The molecule has 0 N–H and O–H groups in total. The van der Waals surface area contributed by atoms with Crippen LogP contribution in [0.15, 0.2) is 36.4 Å². The fourth-order valence-electron chi connectivity index (χ4n) is 2.50. The van der Waals surface area contributed by atoms with Gasteiger partial charge < -0.3 is 0 Å². The van der Waals surface area contributed by atoms with E-state index in [9.17, 15) is 0 Å². The monoisotopic (exact) mass is 318 g/mol. The molecule has 2 aromatic carbocycles. The summed E-state index contributed by atoms with van der Waals surface area (Å²) >= 11 is 12.2. The Morgan fingerprint density at radius 3 is 2.62 bits per heavy atom. The third-order valence-electron chi connectivity index (χ3n) is 3.61. The molecule has 0 radical (unpaired) electrons. The van der Waals surface area contributed by atoms with Gasteiger partial charge in [0.1, 0.15) is 5.82 Å². The molecule has 0 saturated carbocycles. The normalized spacial score (nSPS) is 11.2. The molecule has 0 atom stereocenters. The fourth-order valence-corrected chi connectivity index (χ4v) is 2.85. The van der Waals surface area contributed by atoms with Gasteiger partial charge in [-0.2, -0.15) is 0 Å². The number of alkyl halides is 1. The van der Waals surface area contributed by atoms with Gasteiger partial charge in [0.25, 0.3) is 0 Å². The Hall–Kier alpha value is -1.51. The van der Waals surface area contributed by atoms with Crippen molar-refractivity contribution in [2.45, 2.75) is 20.3 Å². The number of hydrogen-bond donors (Lipinski definition) is 0. The summed E-state index contributed by atoms with van der Waals surface area (Å²) in [6, 6.07) is 12.4. The van der Waals surface area contributed by atoms with E-state index in [1.807, 2.05) is 19.1 Å². The number of hydrogen-bond acceptors (Lipinski definition) is 1. The largest absolute Gasteiger partial charge is 0.296 e. The molecule has 3 rings (SSSR count). The molecule has 0 aliphatic rings. The van der Waals surface area contributed by atoms with Gasteiger partial charge in [-0.05, 0) is 49.2 Å².